The molecule has 1 heterocycles. The van der Waals surface area contributed by atoms with Crippen LogP contribution in [-0.4, -0.2) is 30.1 Å². The zero-order valence-electron chi connectivity index (χ0n) is 11.6. The van der Waals surface area contributed by atoms with Crippen LogP contribution in [-0.2, 0) is 5.88 Å². The van der Waals surface area contributed by atoms with E-state index >= 15 is 0 Å². The van der Waals surface area contributed by atoms with Crippen LogP contribution in [0.15, 0.2) is 30.3 Å². The Morgan fingerprint density at radius 1 is 1.14 bits per heavy atom. The van der Waals surface area contributed by atoms with Gasteiger partial charge in [0.05, 0.1) is 20.3 Å². The minimum atomic E-state index is -0.327. The molecule has 0 aliphatic rings. The molecule has 0 bridgehead atoms. The van der Waals surface area contributed by atoms with E-state index in [1.165, 1.54) is 20.3 Å². The molecule has 1 aromatic heterocycles. The van der Waals surface area contributed by atoms with Crippen molar-refractivity contribution in [2.75, 3.05) is 19.5 Å². The number of halogens is 1. The molecule has 1 amide bonds. The number of amides is 1. The molecule has 0 saturated carbocycles. The van der Waals surface area contributed by atoms with Crippen molar-refractivity contribution >= 4 is 23.5 Å². The third kappa shape index (κ3) is 3.82. The van der Waals surface area contributed by atoms with Crippen molar-refractivity contribution in [3.8, 4) is 11.8 Å². The molecular formula is C14H14ClN3O3. The summed E-state index contributed by atoms with van der Waals surface area (Å²) >= 11 is 5.71. The second-order valence-electron chi connectivity index (χ2n) is 4.06. The molecule has 0 unspecified atom stereocenters. The van der Waals surface area contributed by atoms with E-state index < -0.39 is 0 Å². The molecule has 1 aromatic carbocycles. The molecule has 0 aliphatic heterocycles. The molecule has 21 heavy (non-hydrogen) atoms. The number of hydrogen-bond acceptors (Lipinski definition) is 5. The first kappa shape index (κ1) is 15.1. The fourth-order valence-corrected chi connectivity index (χ4v) is 1.77. The predicted molar refractivity (Wildman–Crippen MR) is 79.1 cm³/mol. The van der Waals surface area contributed by atoms with Crippen LogP contribution >= 0.6 is 11.6 Å². The van der Waals surface area contributed by atoms with Crippen molar-refractivity contribution in [1.82, 2.24) is 9.97 Å². The second-order valence-corrected chi connectivity index (χ2v) is 4.33. The number of ether oxygens (including phenoxy) is 2. The number of aromatic nitrogens is 2. The van der Waals surface area contributed by atoms with Gasteiger partial charge in [-0.25, -0.2) is 0 Å². The number of rotatable bonds is 5. The van der Waals surface area contributed by atoms with Gasteiger partial charge in [0.25, 0.3) is 5.91 Å². The maximum absolute atomic E-state index is 12.1. The van der Waals surface area contributed by atoms with Crippen molar-refractivity contribution in [2.24, 2.45) is 0 Å². The second kappa shape index (κ2) is 6.90. The number of alkyl halides is 1. The van der Waals surface area contributed by atoms with Crippen LogP contribution in [0.2, 0.25) is 0 Å². The van der Waals surface area contributed by atoms with E-state index in [9.17, 15) is 4.79 Å². The van der Waals surface area contributed by atoms with Crippen molar-refractivity contribution in [3.63, 3.8) is 0 Å². The van der Waals surface area contributed by atoms with Crippen LogP contribution in [0.25, 0.3) is 0 Å². The normalized spacial score (nSPS) is 10.0. The van der Waals surface area contributed by atoms with Gasteiger partial charge in [0.1, 0.15) is 0 Å². The lowest BCUT2D eigenvalue weighted by Crippen LogP contribution is -2.14. The average molecular weight is 308 g/mol. The number of hydrogen-bond donors (Lipinski definition) is 1. The molecule has 110 valence electrons. The van der Waals surface area contributed by atoms with Gasteiger partial charge in [-0.1, -0.05) is 12.1 Å². The van der Waals surface area contributed by atoms with Gasteiger partial charge in [0, 0.05) is 11.4 Å². The molecule has 7 heteroatoms. The Kier molecular flexibility index (Phi) is 4.94. The quantitative estimate of drug-likeness (QED) is 0.859. The maximum Gasteiger partial charge on any atom is 0.258 e. The minimum Gasteiger partial charge on any atom is -0.481 e. The number of nitrogens with one attached hydrogen (secondary N) is 1. The van der Waals surface area contributed by atoms with E-state index in [0.717, 1.165) is 5.56 Å². The van der Waals surface area contributed by atoms with Gasteiger partial charge in [-0.3, -0.25) is 10.1 Å². The number of nitrogens with zero attached hydrogens (tertiary/aromatic N) is 2. The van der Waals surface area contributed by atoms with E-state index in [0.29, 0.717) is 23.2 Å². The van der Waals surface area contributed by atoms with E-state index in [4.69, 9.17) is 21.1 Å². The van der Waals surface area contributed by atoms with E-state index in [-0.39, 0.29) is 11.9 Å². The van der Waals surface area contributed by atoms with E-state index in [2.05, 4.69) is 15.3 Å². The SMILES string of the molecule is COc1cc(OC)nc(NC(=O)c2ccc(CCl)cc2)n1. The Morgan fingerprint density at radius 3 is 2.19 bits per heavy atom. The smallest absolute Gasteiger partial charge is 0.258 e. The summed E-state index contributed by atoms with van der Waals surface area (Å²) in [5.41, 5.74) is 1.42. The van der Waals surface area contributed by atoms with E-state index in [1.807, 2.05) is 0 Å². The Bertz CT molecular complexity index is 610. The van der Waals surface area contributed by atoms with Gasteiger partial charge in [-0.05, 0) is 17.7 Å². The highest BCUT2D eigenvalue weighted by molar-refractivity contribution is 6.17. The Hall–Kier alpha value is -2.34. The van der Waals surface area contributed by atoms with Crippen LogP contribution in [0.3, 0.4) is 0 Å². The summed E-state index contributed by atoms with van der Waals surface area (Å²) in [6.45, 7) is 0. The molecule has 0 aliphatic carbocycles. The molecule has 2 aromatic rings. The van der Waals surface area contributed by atoms with Crippen LogP contribution in [0.4, 0.5) is 5.95 Å². The first-order chi connectivity index (χ1) is 10.2. The molecule has 0 spiro atoms. The largest absolute Gasteiger partial charge is 0.481 e. The van der Waals surface area contributed by atoms with Crippen LogP contribution < -0.4 is 14.8 Å². The lowest BCUT2D eigenvalue weighted by molar-refractivity contribution is 0.102. The molecule has 2 rings (SSSR count). The van der Waals surface area contributed by atoms with Gasteiger partial charge in [-0.15, -0.1) is 11.6 Å². The summed E-state index contributed by atoms with van der Waals surface area (Å²) in [5, 5.41) is 2.59. The lowest BCUT2D eigenvalue weighted by atomic mass is 10.1. The summed E-state index contributed by atoms with van der Waals surface area (Å²) in [7, 11) is 2.94. The molecule has 0 radical (unpaired) electrons. The maximum atomic E-state index is 12.1. The fourth-order valence-electron chi connectivity index (χ4n) is 1.59. The van der Waals surface area contributed by atoms with E-state index in [1.54, 1.807) is 24.3 Å². The van der Waals surface area contributed by atoms with Gasteiger partial charge in [-0.2, -0.15) is 9.97 Å². The third-order valence-corrected chi connectivity index (χ3v) is 3.00. The van der Waals surface area contributed by atoms with Gasteiger partial charge in [0.15, 0.2) is 0 Å². The van der Waals surface area contributed by atoms with Gasteiger partial charge >= 0.3 is 0 Å². The molecular weight excluding hydrogens is 294 g/mol. The first-order valence-corrected chi connectivity index (χ1v) is 6.63. The number of carbonyl (C=O) groups is 1. The summed E-state index contributed by atoms with van der Waals surface area (Å²) in [4.78, 5) is 20.2. The highest BCUT2D eigenvalue weighted by Gasteiger charge is 2.10. The monoisotopic (exact) mass is 307 g/mol. The Morgan fingerprint density at radius 2 is 1.71 bits per heavy atom. The van der Waals surface area contributed by atoms with Gasteiger partial charge in [0.2, 0.25) is 17.7 Å². The lowest BCUT2D eigenvalue weighted by Gasteiger charge is -2.07. The number of methoxy groups -OCH3 is 2. The summed E-state index contributed by atoms with van der Waals surface area (Å²) in [5.74, 6) is 0.784. The average Bonchev–Trinajstić information content (AvgIpc) is 2.54. The fraction of sp³-hybridized carbons (Fsp3) is 0.214. The zero-order chi connectivity index (χ0) is 15.2. The predicted octanol–water partition coefficient (Wildman–Crippen LogP) is 2.48. The zero-order valence-corrected chi connectivity index (χ0v) is 12.3. The summed E-state index contributed by atoms with van der Waals surface area (Å²) in [6.07, 6.45) is 0. The molecule has 0 atom stereocenters. The third-order valence-electron chi connectivity index (χ3n) is 2.69. The highest BCUT2D eigenvalue weighted by Crippen LogP contribution is 2.18. The topological polar surface area (TPSA) is 73.3 Å². The summed E-state index contributed by atoms with van der Waals surface area (Å²) < 4.78 is 10.0. The Labute approximate surface area is 127 Å². The standard InChI is InChI=1S/C14H14ClN3O3/c1-20-11-7-12(21-2)17-14(16-11)18-13(19)10-5-3-9(8-15)4-6-10/h3-7H,8H2,1-2H3,(H,16,17,18,19). The molecule has 0 fully saturated rings. The highest BCUT2D eigenvalue weighted by atomic mass is 35.5. The van der Waals surface area contributed by atoms with Crippen molar-refractivity contribution < 1.29 is 14.3 Å². The number of anilines is 1. The Balaban J connectivity index is 2.18. The molecule has 6 nitrogen and oxygen atoms in total. The number of benzene rings is 1. The van der Waals surface area contributed by atoms with Crippen LogP contribution in [0.1, 0.15) is 15.9 Å². The van der Waals surface area contributed by atoms with Crippen LogP contribution in [0.5, 0.6) is 11.8 Å². The summed E-state index contributed by atoms with van der Waals surface area (Å²) in [6, 6.07) is 8.46. The first-order valence-electron chi connectivity index (χ1n) is 6.09. The van der Waals surface area contributed by atoms with Crippen LogP contribution in [0, 0.1) is 0 Å². The van der Waals surface area contributed by atoms with Gasteiger partial charge < -0.3 is 9.47 Å². The van der Waals surface area contributed by atoms with Crippen molar-refractivity contribution in [2.45, 2.75) is 5.88 Å². The minimum absolute atomic E-state index is 0.109. The molecule has 0 saturated heterocycles. The molecule has 1 N–H and O–H groups in total. The van der Waals surface area contributed by atoms with Crippen molar-refractivity contribution in [3.05, 3.63) is 41.5 Å². The number of carbonyl (C=O) groups excluding carboxylic acids is 1. The van der Waals surface area contributed by atoms with Crippen molar-refractivity contribution in [1.29, 1.82) is 0 Å².